The fourth-order valence-corrected chi connectivity index (χ4v) is 6.49. The number of ether oxygens (including phenoxy) is 2. The maximum Gasteiger partial charge on any atom is 0.245 e. The van der Waals surface area contributed by atoms with Crippen LogP contribution in [0.5, 0.6) is 0 Å². The van der Waals surface area contributed by atoms with Gasteiger partial charge in [-0.2, -0.15) is 0 Å². The molecule has 34 heavy (non-hydrogen) atoms. The Hall–Kier alpha value is -1.75. The molecule has 2 unspecified atom stereocenters. The van der Waals surface area contributed by atoms with Crippen LogP contribution >= 0.6 is 0 Å². The number of hydrogen-bond acceptors (Lipinski definition) is 7. The number of hydrogen-bond donors (Lipinski definition) is 3. The number of nitrogens with one attached hydrogen (secondary N) is 2. The Labute approximate surface area is 201 Å². The second kappa shape index (κ2) is 10.1. The predicted molar refractivity (Wildman–Crippen MR) is 124 cm³/mol. The number of rotatable bonds is 10. The number of carbonyl (C=O) groups excluding carboxylic acids is 3. The van der Waals surface area contributed by atoms with Crippen molar-refractivity contribution in [3.8, 4) is 0 Å². The Morgan fingerprint density at radius 1 is 1.15 bits per heavy atom. The van der Waals surface area contributed by atoms with Gasteiger partial charge in [-0.25, -0.2) is 0 Å². The number of nitrogens with zero attached hydrogens (tertiary/aromatic N) is 2. The number of likely N-dealkylation sites (tertiary alicyclic amines) is 1. The summed E-state index contributed by atoms with van der Waals surface area (Å²) in [5.41, 5.74) is -1.83. The van der Waals surface area contributed by atoms with E-state index in [0.29, 0.717) is 52.1 Å². The summed E-state index contributed by atoms with van der Waals surface area (Å²) in [5, 5.41) is 16.0. The Kier molecular flexibility index (Phi) is 7.52. The first-order valence-corrected chi connectivity index (χ1v) is 12.8. The molecule has 4 aliphatic heterocycles. The highest BCUT2D eigenvalue weighted by Gasteiger charge is 2.78. The van der Waals surface area contributed by atoms with Gasteiger partial charge in [0.1, 0.15) is 11.6 Å². The molecule has 0 aliphatic carbocycles. The van der Waals surface area contributed by atoms with Crippen LogP contribution < -0.4 is 10.6 Å². The molecule has 0 radical (unpaired) electrons. The van der Waals surface area contributed by atoms with Gasteiger partial charge in [0.2, 0.25) is 17.7 Å². The minimum Gasteiger partial charge on any atom is -0.394 e. The van der Waals surface area contributed by atoms with Crippen molar-refractivity contribution >= 4 is 17.7 Å². The van der Waals surface area contributed by atoms with Crippen molar-refractivity contribution < 1.29 is 29.0 Å². The van der Waals surface area contributed by atoms with E-state index in [1.807, 2.05) is 20.8 Å². The summed E-state index contributed by atoms with van der Waals surface area (Å²) in [7, 11) is 0. The average Bonchev–Trinajstić information content (AvgIpc) is 3.40. The molecule has 0 aromatic carbocycles. The van der Waals surface area contributed by atoms with Gasteiger partial charge in [0.15, 0.2) is 0 Å². The van der Waals surface area contributed by atoms with Gasteiger partial charge < -0.3 is 30.1 Å². The molecule has 0 saturated carbocycles. The van der Waals surface area contributed by atoms with Crippen molar-refractivity contribution in [3.05, 3.63) is 0 Å². The van der Waals surface area contributed by atoms with E-state index in [-0.39, 0.29) is 24.3 Å². The molecule has 192 valence electrons. The third-order valence-corrected chi connectivity index (χ3v) is 8.20. The standard InChI is InChI=1S/C24H40N4O6/c1-4-8-25-20(30)17-18-22(32)28(16(5-2)15-29)19(24(18)7-6-23(17,3)34-24)21(31)26-9-10-27-11-13-33-14-12-27/h16-19,29H,4-15H2,1-3H3,(H,25,30)(H,26,31)/t16-,17-,18-,19?,23+,24?/m0/s1. The van der Waals surface area contributed by atoms with E-state index in [0.717, 1.165) is 19.5 Å². The maximum absolute atomic E-state index is 13.9. The fourth-order valence-electron chi connectivity index (χ4n) is 6.49. The lowest BCUT2D eigenvalue weighted by atomic mass is 9.66. The normalized spacial score (nSPS) is 35.9. The molecule has 4 fully saturated rings. The molecule has 4 rings (SSSR count). The first-order valence-electron chi connectivity index (χ1n) is 12.8. The molecule has 2 bridgehead atoms. The van der Waals surface area contributed by atoms with Gasteiger partial charge in [-0.1, -0.05) is 13.8 Å². The van der Waals surface area contributed by atoms with E-state index in [1.165, 1.54) is 4.90 Å². The van der Waals surface area contributed by atoms with Crippen molar-refractivity contribution in [1.82, 2.24) is 20.4 Å². The quantitative estimate of drug-likeness (QED) is 0.385. The summed E-state index contributed by atoms with van der Waals surface area (Å²) in [5.74, 6) is -2.08. The van der Waals surface area contributed by atoms with Crippen LogP contribution in [-0.2, 0) is 23.9 Å². The third-order valence-electron chi connectivity index (χ3n) is 8.20. The zero-order valence-corrected chi connectivity index (χ0v) is 20.7. The van der Waals surface area contributed by atoms with Gasteiger partial charge in [0.25, 0.3) is 0 Å². The van der Waals surface area contributed by atoms with Gasteiger partial charge in [-0.05, 0) is 32.6 Å². The summed E-state index contributed by atoms with van der Waals surface area (Å²) in [6, 6.07) is -1.37. The van der Waals surface area contributed by atoms with Crippen LogP contribution in [0.3, 0.4) is 0 Å². The maximum atomic E-state index is 13.9. The highest BCUT2D eigenvalue weighted by atomic mass is 16.5. The van der Waals surface area contributed by atoms with Crippen LogP contribution in [0.15, 0.2) is 0 Å². The van der Waals surface area contributed by atoms with Crippen LogP contribution in [0, 0.1) is 11.8 Å². The highest BCUT2D eigenvalue weighted by molar-refractivity contribution is 5.99. The Morgan fingerprint density at radius 2 is 1.85 bits per heavy atom. The Morgan fingerprint density at radius 3 is 2.50 bits per heavy atom. The summed E-state index contributed by atoms with van der Waals surface area (Å²) in [6.07, 6.45) is 2.45. The number of aliphatic hydroxyl groups is 1. The Balaban J connectivity index is 1.59. The van der Waals surface area contributed by atoms with Gasteiger partial charge in [0, 0.05) is 32.7 Å². The van der Waals surface area contributed by atoms with Crippen LogP contribution in [0.25, 0.3) is 0 Å². The molecular formula is C24H40N4O6. The van der Waals surface area contributed by atoms with Crippen molar-refractivity contribution in [2.75, 3.05) is 52.5 Å². The average molecular weight is 481 g/mol. The summed E-state index contributed by atoms with van der Waals surface area (Å²) < 4.78 is 11.9. The monoisotopic (exact) mass is 480 g/mol. The van der Waals surface area contributed by atoms with Crippen LogP contribution in [-0.4, -0.2) is 108 Å². The molecule has 10 nitrogen and oxygen atoms in total. The predicted octanol–water partition coefficient (Wildman–Crippen LogP) is -0.503. The molecule has 4 heterocycles. The molecule has 10 heteroatoms. The lowest BCUT2D eigenvalue weighted by molar-refractivity contribution is -0.149. The fraction of sp³-hybridized carbons (Fsp3) is 0.875. The largest absolute Gasteiger partial charge is 0.394 e. The second-order valence-corrected chi connectivity index (χ2v) is 10.3. The molecule has 4 saturated heterocycles. The molecule has 3 amide bonds. The van der Waals surface area contributed by atoms with E-state index in [9.17, 15) is 19.5 Å². The molecule has 1 spiro atoms. The SMILES string of the molecule is CCCNC(=O)[C@@H]1[C@H]2C(=O)N([C@@H](CC)CO)C(C(=O)NCCN3CCOCC3)C23CC[C@@]1(C)O3. The number of aliphatic hydroxyl groups excluding tert-OH is 1. The van der Waals surface area contributed by atoms with Gasteiger partial charge >= 0.3 is 0 Å². The third kappa shape index (κ3) is 4.12. The van der Waals surface area contributed by atoms with Crippen LogP contribution in [0.2, 0.25) is 0 Å². The summed E-state index contributed by atoms with van der Waals surface area (Å²) >= 11 is 0. The zero-order chi connectivity index (χ0) is 24.5. The number of amides is 3. The molecule has 4 aliphatic rings. The topological polar surface area (TPSA) is 120 Å². The first-order chi connectivity index (χ1) is 16.3. The van der Waals surface area contributed by atoms with Crippen LogP contribution in [0.1, 0.15) is 46.5 Å². The molecule has 6 atom stereocenters. The van der Waals surface area contributed by atoms with Crippen molar-refractivity contribution in [2.45, 2.75) is 69.7 Å². The second-order valence-electron chi connectivity index (χ2n) is 10.3. The van der Waals surface area contributed by atoms with E-state index >= 15 is 0 Å². The molecule has 0 aromatic rings. The summed E-state index contributed by atoms with van der Waals surface area (Å²) in [6.45, 7) is 10.2. The molecule has 0 aromatic heterocycles. The van der Waals surface area contributed by atoms with Crippen LogP contribution in [0.4, 0.5) is 0 Å². The lowest BCUT2D eigenvalue weighted by Crippen LogP contribution is -2.58. The van der Waals surface area contributed by atoms with E-state index < -0.39 is 35.1 Å². The Bertz CT molecular complexity index is 785. The minimum atomic E-state index is -1.05. The molecule has 3 N–H and O–H groups in total. The van der Waals surface area contributed by atoms with Crippen molar-refractivity contribution in [2.24, 2.45) is 11.8 Å². The van der Waals surface area contributed by atoms with E-state index in [1.54, 1.807) is 0 Å². The smallest absolute Gasteiger partial charge is 0.245 e. The van der Waals surface area contributed by atoms with Gasteiger partial charge in [-0.15, -0.1) is 0 Å². The lowest BCUT2D eigenvalue weighted by Gasteiger charge is -2.37. The minimum absolute atomic E-state index is 0.186. The van der Waals surface area contributed by atoms with E-state index in [4.69, 9.17) is 9.47 Å². The molecular weight excluding hydrogens is 440 g/mol. The van der Waals surface area contributed by atoms with Gasteiger partial charge in [-0.3, -0.25) is 19.3 Å². The van der Waals surface area contributed by atoms with E-state index in [2.05, 4.69) is 15.5 Å². The van der Waals surface area contributed by atoms with Crippen molar-refractivity contribution in [3.63, 3.8) is 0 Å². The zero-order valence-electron chi connectivity index (χ0n) is 20.7. The van der Waals surface area contributed by atoms with Gasteiger partial charge in [0.05, 0.1) is 43.3 Å². The number of fused-ring (bicyclic) bond motifs is 1. The number of carbonyl (C=O) groups is 3. The summed E-state index contributed by atoms with van der Waals surface area (Å²) in [4.78, 5) is 44.5. The number of morpholine rings is 1. The van der Waals surface area contributed by atoms with Crippen molar-refractivity contribution in [1.29, 1.82) is 0 Å². The highest BCUT2D eigenvalue weighted by Crippen LogP contribution is 2.63. The first kappa shape index (κ1) is 25.3.